The van der Waals surface area contributed by atoms with Crippen molar-refractivity contribution in [1.29, 1.82) is 0 Å². The maximum atomic E-state index is 11.5. The van der Waals surface area contributed by atoms with Crippen LogP contribution in [0.15, 0.2) is 0 Å². The summed E-state index contributed by atoms with van der Waals surface area (Å²) in [4.78, 5) is 22.9. The second-order valence-corrected chi connectivity index (χ2v) is 6.86. The van der Waals surface area contributed by atoms with Crippen LogP contribution in [0.4, 0.5) is 9.59 Å². The van der Waals surface area contributed by atoms with Gasteiger partial charge in [0.25, 0.3) is 10.1 Å². The van der Waals surface area contributed by atoms with Crippen molar-refractivity contribution in [3.05, 3.63) is 0 Å². The predicted molar refractivity (Wildman–Crippen MR) is 67.1 cm³/mol. The third kappa shape index (κ3) is 6.06. The molecule has 0 aromatic heterocycles. The standard InChI is InChI=1S/C10H18N2O7S/c1-10(2,3)19-8(13)11-12-5-7(18-9(12)14)6-17-20(4,15)16/h7H,5-6H2,1-4H3,(H,11,13). The number of hydrogen-bond acceptors (Lipinski definition) is 7. The summed E-state index contributed by atoms with van der Waals surface area (Å²) in [6.45, 7) is 4.69. The summed E-state index contributed by atoms with van der Waals surface area (Å²) in [5, 5.41) is 0.893. The Morgan fingerprint density at radius 1 is 1.50 bits per heavy atom. The third-order valence-corrected chi connectivity index (χ3v) is 2.53. The Morgan fingerprint density at radius 2 is 2.10 bits per heavy atom. The molecule has 1 saturated heterocycles. The van der Waals surface area contributed by atoms with Gasteiger partial charge in [0, 0.05) is 0 Å². The zero-order valence-electron chi connectivity index (χ0n) is 11.7. The first kappa shape index (κ1) is 16.5. The minimum atomic E-state index is -3.62. The molecule has 20 heavy (non-hydrogen) atoms. The summed E-state index contributed by atoms with van der Waals surface area (Å²) >= 11 is 0. The summed E-state index contributed by atoms with van der Waals surface area (Å²) in [7, 11) is -3.62. The van der Waals surface area contributed by atoms with Gasteiger partial charge >= 0.3 is 12.2 Å². The molecular formula is C10H18N2O7S. The molecule has 116 valence electrons. The average Bonchev–Trinajstić information content (AvgIpc) is 2.53. The van der Waals surface area contributed by atoms with Gasteiger partial charge in [0.2, 0.25) is 0 Å². The maximum absolute atomic E-state index is 11.5. The van der Waals surface area contributed by atoms with Gasteiger partial charge in [0.05, 0.1) is 12.8 Å². The lowest BCUT2D eigenvalue weighted by atomic mass is 10.2. The van der Waals surface area contributed by atoms with Crippen LogP contribution in [0.1, 0.15) is 20.8 Å². The molecule has 1 atom stereocenters. The summed E-state index contributed by atoms with van der Waals surface area (Å²) in [6.07, 6.45) is -1.51. The molecule has 1 rings (SSSR count). The van der Waals surface area contributed by atoms with Gasteiger partial charge < -0.3 is 9.47 Å². The Kier molecular flexibility index (Phi) is 4.81. The van der Waals surface area contributed by atoms with Crippen LogP contribution < -0.4 is 5.43 Å². The summed E-state index contributed by atoms with van der Waals surface area (Å²) < 4.78 is 36.0. The highest BCUT2D eigenvalue weighted by molar-refractivity contribution is 7.85. The van der Waals surface area contributed by atoms with Crippen molar-refractivity contribution < 1.29 is 31.7 Å². The summed E-state index contributed by atoms with van der Waals surface area (Å²) in [5.41, 5.74) is 1.50. The van der Waals surface area contributed by atoms with Crippen molar-refractivity contribution in [2.24, 2.45) is 0 Å². The lowest BCUT2D eigenvalue weighted by Crippen LogP contribution is -2.45. The van der Waals surface area contributed by atoms with Crippen molar-refractivity contribution in [3.63, 3.8) is 0 Å². The van der Waals surface area contributed by atoms with E-state index in [-0.39, 0.29) is 13.2 Å². The van der Waals surface area contributed by atoms with Crippen molar-refractivity contribution in [1.82, 2.24) is 10.4 Å². The van der Waals surface area contributed by atoms with Gasteiger partial charge in [0.15, 0.2) is 0 Å². The normalized spacial score (nSPS) is 19.7. The van der Waals surface area contributed by atoms with Crippen molar-refractivity contribution >= 4 is 22.3 Å². The van der Waals surface area contributed by atoms with Gasteiger partial charge in [-0.05, 0) is 20.8 Å². The molecule has 1 fully saturated rings. The topological polar surface area (TPSA) is 111 Å². The number of nitrogens with one attached hydrogen (secondary N) is 1. The van der Waals surface area contributed by atoms with Crippen LogP contribution >= 0.6 is 0 Å². The molecule has 1 N–H and O–H groups in total. The first-order valence-electron chi connectivity index (χ1n) is 5.78. The highest BCUT2D eigenvalue weighted by Crippen LogP contribution is 2.12. The molecule has 0 aliphatic carbocycles. The Labute approximate surface area is 117 Å². The number of carbonyl (C=O) groups is 2. The van der Waals surface area contributed by atoms with Gasteiger partial charge in [-0.1, -0.05) is 0 Å². The van der Waals surface area contributed by atoms with Crippen LogP contribution in [-0.2, 0) is 23.8 Å². The monoisotopic (exact) mass is 310 g/mol. The van der Waals surface area contributed by atoms with Crippen LogP contribution in [0.5, 0.6) is 0 Å². The van der Waals surface area contributed by atoms with Gasteiger partial charge in [0.1, 0.15) is 18.3 Å². The smallest absolute Gasteiger partial charge is 0.429 e. The van der Waals surface area contributed by atoms with Crippen LogP contribution in [0.3, 0.4) is 0 Å². The Morgan fingerprint density at radius 3 is 2.60 bits per heavy atom. The van der Waals surface area contributed by atoms with E-state index in [1.807, 2.05) is 0 Å². The highest BCUT2D eigenvalue weighted by Gasteiger charge is 2.34. The van der Waals surface area contributed by atoms with E-state index in [0.29, 0.717) is 0 Å². The molecule has 10 heteroatoms. The lowest BCUT2D eigenvalue weighted by molar-refractivity contribution is 0.0389. The fourth-order valence-corrected chi connectivity index (χ4v) is 1.71. The van der Waals surface area contributed by atoms with Gasteiger partial charge in [-0.15, -0.1) is 0 Å². The fourth-order valence-electron chi connectivity index (χ4n) is 1.31. The molecule has 0 spiro atoms. The minimum absolute atomic E-state index is 0.0341. The first-order valence-corrected chi connectivity index (χ1v) is 7.60. The van der Waals surface area contributed by atoms with E-state index in [4.69, 9.17) is 9.47 Å². The molecular weight excluding hydrogens is 292 g/mol. The molecule has 0 aromatic rings. The molecule has 1 aliphatic heterocycles. The molecule has 1 aliphatic rings. The minimum Gasteiger partial charge on any atom is -0.443 e. The number of rotatable bonds is 4. The summed E-state index contributed by atoms with van der Waals surface area (Å²) in [6, 6.07) is 0. The molecule has 2 amide bonds. The number of nitrogens with zero attached hydrogens (tertiary/aromatic N) is 1. The van der Waals surface area contributed by atoms with Crippen molar-refractivity contribution in [3.8, 4) is 0 Å². The highest BCUT2D eigenvalue weighted by atomic mass is 32.2. The Hall–Kier alpha value is -1.55. The Balaban J connectivity index is 2.46. The van der Waals surface area contributed by atoms with E-state index in [1.54, 1.807) is 20.8 Å². The maximum Gasteiger partial charge on any atom is 0.429 e. The number of cyclic esters (lactones) is 1. The average molecular weight is 310 g/mol. The second kappa shape index (κ2) is 5.83. The molecule has 0 aromatic carbocycles. The third-order valence-electron chi connectivity index (χ3n) is 1.97. The number of hydrogen-bond donors (Lipinski definition) is 1. The van der Waals surface area contributed by atoms with E-state index in [1.165, 1.54) is 0 Å². The van der Waals surface area contributed by atoms with Crippen LogP contribution in [0.2, 0.25) is 0 Å². The molecule has 1 heterocycles. The van der Waals surface area contributed by atoms with Crippen LogP contribution in [0, 0.1) is 0 Å². The van der Waals surface area contributed by atoms with Crippen LogP contribution in [0.25, 0.3) is 0 Å². The van der Waals surface area contributed by atoms with Crippen molar-refractivity contribution in [2.45, 2.75) is 32.5 Å². The molecule has 1 unspecified atom stereocenters. The number of carbonyl (C=O) groups excluding carboxylic acids is 2. The predicted octanol–water partition coefficient (Wildman–Crippen LogP) is 0.223. The van der Waals surface area contributed by atoms with Gasteiger partial charge in [-0.3, -0.25) is 4.18 Å². The van der Waals surface area contributed by atoms with E-state index < -0.39 is 34.0 Å². The molecule has 0 bridgehead atoms. The van der Waals surface area contributed by atoms with Crippen LogP contribution in [-0.4, -0.2) is 56.7 Å². The van der Waals surface area contributed by atoms with E-state index in [0.717, 1.165) is 11.3 Å². The number of ether oxygens (including phenoxy) is 2. The van der Waals surface area contributed by atoms with Crippen molar-refractivity contribution in [2.75, 3.05) is 19.4 Å². The molecule has 0 saturated carbocycles. The van der Waals surface area contributed by atoms with Gasteiger partial charge in [-0.2, -0.15) is 8.42 Å². The van der Waals surface area contributed by atoms with E-state index >= 15 is 0 Å². The zero-order valence-corrected chi connectivity index (χ0v) is 12.5. The van der Waals surface area contributed by atoms with E-state index in [2.05, 4.69) is 9.61 Å². The second-order valence-electron chi connectivity index (χ2n) is 5.22. The lowest BCUT2D eigenvalue weighted by Gasteiger charge is -2.22. The van der Waals surface area contributed by atoms with E-state index in [9.17, 15) is 18.0 Å². The molecule has 0 radical (unpaired) electrons. The van der Waals surface area contributed by atoms with Gasteiger partial charge in [-0.25, -0.2) is 20.0 Å². The first-order chi connectivity index (χ1) is 8.96. The fraction of sp³-hybridized carbons (Fsp3) is 0.800. The largest absolute Gasteiger partial charge is 0.443 e. The Bertz CT molecular complexity index is 482. The zero-order chi connectivity index (χ0) is 15.6. The molecule has 9 nitrogen and oxygen atoms in total. The quantitative estimate of drug-likeness (QED) is 0.739. The SMILES string of the molecule is CC(C)(C)OC(=O)NN1CC(COS(C)(=O)=O)OC1=O. The number of hydrazine groups is 1. The summed E-state index contributed by atoms with van der Waals surface area (Å²) in [5.74, 6) is 0. The number of amides is 2.